The summed E-state index contributed by atoms with van der Waals surface area (Å²) in [5.74, 6) is -1.46. The average Bonchev–Trinajstić information content (AvgIpc) is 3.20. The predicted octanol–water partition coefficient (Wildman–Crippen LogP) is 10.7. The van der Waals surface area contributed by atoms with Crippen LogP contribution in [0.3, 0.4) is 0 Å². The van der Waals surface area contributed by atoms with Crippen molar-refractivity contribution in [3.8, 4) is 0 Å². The summed E-state index contributed by atoms with van der Waals surface area (Å²) in [6.07, 6.45) is 38.0. The standard InChI is InChI=1S/C47H92N4O6/c1-3-5-7-9-11-13-15-17-19-21-23-25-27-31-40-56-45(53)37-36-43(51-44(52)35-33-39-50-46(54)42(49)34-29-30-38-48)47(55)57-41-32-28-26-24-22-20-18-16-14-12-10-8-6-4-2/h42-43H,3-41,48-49H2,1-2H3,(H,50,54)(H,51,52). The van der Waals surface area contributed by atoms with E-state index in [9.17, 15) is 19.2 Å². The van der Waals surface area contributed by atoms with E-state index in [-0.39, 0.29) is 37.0 Å². The maximum atomic E-state index is 13.1. The number of rotatable bonds is 44. The Bertz CT molecular complexity index is 936. The van der Waals surface area contributed by atoms with Gasteiger partial charge in [-0.25, -0.2) is 4.79 Å². The molecular weight excluding hydrogens is 717 g/mol. The average molecular weight is 809 g/mol. The van der Waals surface area contributed by atoms with Crippen LogP contribution < -0.4 is 22.1 Å². The minimum Gasteiger partial charge on any atom is -0.466 e. The van der Waals surface area contributed by atoms with E-state index in [1.165, 1.54) is 141 Å². The number of unbranched alkanes of at least 4 members (excludes halogenated alkanes) is 27. The second kappa shape index (κ2) is 43.4. The van der Waals surface area contributed by atoms with E-state index in [4.69, 9.17) is 20.9 Å². The topological polar surface area (TPSA) is 163 Å². The third-order valence-corrected chi connectivity index (χ3v) is 10.9. The van der Waals surface area contributed by atoms with Crippen LogP contribution in [0, 0.1) is 0 Å². The quantitative estimate of drug-likeness (QED) is 0.0349. The monoisotopic (exact) mass is 809 g/mol. The molecule has 0 aliphatic carbocycles. The zero-order valence-electron chi connectivity index (χ0n) is 37.3. The molecule has 0 heterocycles. The van der Waals surface area contributed by atoms with Gasteiger partial charge in [-0.15, -0.1) is 0 Å². The number of ether oxygens (including phenoxy) is 2. The molecule has 0 aromatic heterocycles. The molecule has 10 nitrogen and oxygen atoms in total. The zero-order chi connectivity index (χ0) is 41.9. The lowest BCUT2D eigenvalue weighted by atomic mass is 10.0. The molecule has 0 fully saturated rings. The van der Waals surface area contributed by atoms with Crippen molar-refractivity contribution in [2.24, 2.45) is 11.5 Å². The fourth-order valence-corrected chi connectivity index (χ4v) is 7.13. The van der Waals surface area contributed by atoms with Crippen LogP contribution in [0.1, 0.15) is 239 Å². The molecular formula is C47H92N4O6. The van der Waals surface area contributed by atoms with E-state index < -0.39 is 18.1 Å². The number of nitrogens with two attached hydrogens (primary N) is 2. The first-order chi connectivity index (χ1) is 27.8. The molecule has 336 valence electrons. The van der Waals surface area contributed by atoms with Gasteiger partial charge in [0.2, 0.25) is 11.8 Å². The van der Waals surface area contributed by atoms with E-state index in [1.807, 2.05) is 0 Å². The maximum absolute atomic E-state index is 13.1. The molecule has 6 N–H and O–H groups in total. The molecule has 0 aromatic carbocycles. The summed E-state index contributed by atoms with van der Waals surface area (Å²) in [6, 6.07) is -1.53. The highest BCUT2D eigenvalue weighted by molar-refractivity contribution is 5.85. The zero-order valence-corrected chi connectivity index (χ0v) is 37.3. The summed E-state index contributed by atoms with van der Waals surface area (Å²) in [6.45, 7) is 6.06. The lowest BCUT2D eigenvalue weighted by molar-refractivity contribution is -0.149. The fraction of sp³-hybridized carbons (Fsp3) is 0.915. The molecule has 0 bridgehead atoms. The molecule has 2 amide bonds. The SMILES string of the molecule is CCCCCCCCCCCCCCCCOC(=O)CCC(NC(=O)CCCNC(=O)C(N)CCCCN)C(=O)OCCCCCCCCCCCCCCCC. The Hall–Kier alpha value is -2.20. The summed E-state index contributed by atoms with van der Waals surface area (Å²) in [5.41, 5.74) is 11.5. The molecule has 0 radical (unpaired) electrons. The molecule has 0 aliphatic rings. The van der Waals surface area contributed by atoms with E-state index in [0.29, 0.717) is 39.1 Å². The van der Waals surface area contributed by atoms with Gasteiger partial charge in [-0.1, -0.05) is 187 Å². The second-order valence-electron chi connectivity index (χ2n) is 16.5. The van der Waals surface area contributed by atoms with E-state index in [2.05, 4.69) is 24.5 Å². The number of esters is 2. The van der Waals surface area contributed by atoms with Crippen LogP contribution in [0.4, 0.5) is 0 Å². The van der Waals surface area contributed by atoms with E-state index in [0.717, 1.165) is 51.4 Å². The van der Waals surface area contributed by atoms with Gasteiger partial charge in [0.25, 0.3) is 0 Å². The molecule has 10 heteroatoms. The fourth-order valence-electron chi connectivity index (χ4n) is 7.13. The Morgan fingerprint density at radius 3 is 1.35 bits per heavy atom. The summed E-state index contributed by atoms with van der Waals surface area (Å²) in [7, 11) is 0. The molecule has 0 aliphatic heterocycles. The van der Waals surface area contributed by atoms with E-state index in [1.54, 1.807) is 0 Å². The number of amides is 2. The molecule has 0 aromatic rings. The van der Waals surface area contributed by atoms with Crippen LogP contribution in [0.25, 0.3) is 0 Å². The van der Waals surface area contributed by atoms with E-state index >= 15 is 0 Å². The van der Waals surface area contributed by atoms with Crippen LogP contribution in [0.2, 0.25) is 0 Å². The number of hydrogen-bond donors (Lipinski definition) is 4. The van der Waals surface area contributed by atoms with Crippen molar-refractivity contribution in [3.63, 3.8) is 0 Å². The molecule has 0 spiro atoms. The lowest BCUT2D eigenvalue weighted by Crippen LogP contribution is -2.43. The Morgan fingerprint density at radius 2 is 0.912 bits per heavy atom. The molecule has 2 atom stereocenters. The number of carbonyl (C=O) groups is 4. The van der Waals surface area contributed by atoms with Gasteiger partial charge in [-0.05, 0) is 45.1 Å². The summed E-state index contributed by atoms with van der Waals surface area (Å²) < 4.78 is 11.0. The summed E-state index contributed by atoms with van der Waals surface area (Å²) in [4.78, 5) is 50.7. The first-order valence-corrected chi connectivity index (χ1v) is 24.2. The normalized spacial score (nSPS) is 12.3. The molecule has 0 rings (SSSR count). The number of carbonyl (C=O) groups excluding carboxylic acids is 4. The highest BCUT2D eigenvalue weighted by Gasteiger charge is 2.24. The van der Waals surface area contributed by atoms with Crippen molar-refractivity contribution >= 4 is 23.8 Å². The summed E-state index contributed by atoms with van der Waals surface area (Å²) in [5, 5.41) is 5.55. The van der Waals surface area contributed by atoms with Gasteiger partial charge in [-0.3, -0.25) is 14.4 Å². The van der Waals surface area contributed by atoms with Crippen LogP contribution in [0.5, 0.6) is 0 Å². The second-order valence-corrected chi connectivity index (χ2v) is 16.5. The molecule has 0 saturated heterocycles. The van der Waals surface area contributed by atoms with Gasteiger partial charge in [0, 0.05) is 19.4 Å². The first-order valence-electron chi connectivity index (χ1n) is 24.2. The van der Waals surface area contributed by atoms with Gasteiger partial charge in [0.05, 0.1) is 19.3 Å². The van der Waals surface area contributed by atoms with Gasteiger partial charge >= 0.3 is 11.9 Å². The Morgan fingerprint density at radius 1 is 0.491 bits per heavy atom. The van der Waals surface area contributed by atoms with Gasteiger partial charge in [-0.2, -0.15) is 0 Å². The van der Waals surface area contributed by atoms with Crippen molar-refractivity contribution in [1.29, 1.82) is 0 Å². The third kappa shape index (κ3) is 39.1. The van der Waals surface area contributed by atoms with Crippen molar-refractivity contribution in [3.05, 3.63) is 0 Å². The molecule has 57 heavy (non-hydrogen) atoms. The predicted molar refractivity (Wildman–Crippen MR) is 237 cm³/mol. The summed E-state index contributed by atoms with van der Waals surface area (Å²) >= 11 is 0. The van der Waals surface area contributed by atoms with Crippen LogP contribution in [-0.2, 0) is 28.7 Å². The van der Waals surface area contributed by atoms with Gasteiger partial charge < -0.3 is 31.6 Å². The largest absolute Gasteiger partial charge is 0.466 e. The Balaban J connectivity index is 4.41. The van der Waals surface area contributed by atoms with Crippen molar-refractivity contribution in [2.45, 2.75) is 251 Å². The minimum absolute atomic E-state index is 0.0234. The van der Waals surface area contributed by atoms with Crippen molar-refractivity contribution < 1.29 is 28.7 Å². The van der Waals surface area contributed by atoms with Crippen molar-refractivity contribution in [1.82, 2.24) is 10.6 Å². The van der Waals surface area contributed by atoms with Gasteiger partial charge in [0.15, 0.2) is 0 Å². The highest BCUT2D eigenvalue weighted by atomic mass is 16.5. The number of hydrogen-bond acceptors (Lipinski definition) is 8. The Kier molecular flexibility index (Phi) is 41.7. The van der Waals surface area contributed by atoms with Crippen molar-refractivity contribution in [2.75, 3.05) is 26.3 Å². The molecule has 0 saturated carbocycles. The number of nitrogens with one attached hydrogen (secondary N) is 2. The lowest BCUT2D eigenvalue weighted by Gasteiger charge is -2.18. The first kappa shape index (κ1) is 54.8. The van der Waals surface area contributed by atoms with Crippen LogP contribution >= 0.6 is 0 Å². The minimum atomic E-state index is -0.927. The Labute approximate surface area is 350 Å². The van der Waals surface area contributed by atoms with Crippen LogP contribution in [-0.4, -0.2) is 62.1 Å². The highest BCUT2D eigenvalue weighted by Crippen LogP contribution is 2.15. The third-order valence-electron chi connectivity index (χ3n) is 10.9. The molecule has 2 unspecified atom stereocenters. The van der Waals surface area contributed by atoms with Crippen LogP contribution in [0.15, 0.2) is 0 Å². The maximum Gasteiger partial charge on any atom is 0.328 e. The van der Waals surface area contributed by atoms with Gasteiger partial charge in [0.1, 0.15) is 6.04 Å². The smallest absolute Gasteiger partial charge is 0.328 e.